The highest BCUT2D eigenvalue weighted by atomic mass is 16.5. The van der Waals surface area contributed by atoms with Gasteiger partial charge in [-0.2, -0.15) is 0 Å². The highest BCUT2D eigenvalue weighted by Gasteiger charge is 2.26. The fraction of sp³-hybridized carbons (Fsp3) is 0.625. The Labute approximate surface area is 70.6 Å². The Hall–Kier alpha value is -1.28. The first-order valence-corrected chi connectivity index (χ1v) is 3.95. The van der Waals surface area contributed by atoms with Crippen LogP contribution < -0.4 is 5.32 Å². The predicted octanol–water partition coefficient (Wildman–Crippen LogP) is 0.0170. The Kier molecular flexibility index (Phi) is 2.88. The van der Waals surface area contributed by atoms with Crippen molar-refractivity contribution in [2.45, 2.75) is 25.8 Å². The molecular formula is C8H11NO3. The fourth-order valence-corrected chi connectivity index (χ4v) is 1.14. The Morgan fingerprint density at radius 1 is 1.83 bits per heavy atom. The van der Waals surface area contributed by atoms with Crippen molar-refractivity contribution in [3.63, 3.8) is 0 Å². The molecule has 0 aromatic carbocycles. The highest BCUT2D eigenvalue weighted by Crippen LogP contribution is 2.13. The van der Waals surface area contributed by atoms with Crippen LogP contribution in [0.15, 0.2) is 5.70 Å². The number of nitrogens with one attached hydrogen (secondary N) is 1. The number of rotatable bonds is 2. The van der Waals surface area contributed by atoms with Crippen molar-refractivity contribution in [1.82, 2.24) is 5.32 Å². The maximum Gasteiger partial charge on any atom is 0.328 e. The summed E-state index contributed by atoms with van der Waals surface area (Å²) in [5.74, 6) is 1.45. The minimum absolute atomic E-state index is 0.289. The lowest BCUT2D eigenvalue weighted by Crippen LogP contribution is -2.31. The zero-order chi connectivity index (χ0) is 8.97. The molecule has 1 rings (SSSR count). The van der Waals surface area contributed by atoms with Gasteiger partial charge in [0, 0.05) is 6.42 Å². The van der Waals surface area contributed by atoms with E-state index in [2.05, 4.69) is 5.32 Å². The zero-order valence-electron chi connectivity index (χ0n) is 6.92. The maximum absolute atomic E-state index is 11.1. The van der Waals surface area contributed by atoms with E-state index in [1.165, 1.54) is 0 Å². The molecule has 1 heterocycles. The Morgan fingerprint density at radius 3 is 3.08 bits per heavy atom. The summed E-state index contributed by atoms with van der Waals surface area (Å²) in [4.78, 5) is 21.2. The summed E-state index contributed by atoms with van der Waals surface area (Å²) in [7, 11) is 0. The van der Waals surface area contributed by atoms with Crippen molar-refractivity contribution in [2.24, 2.45) is 0 Å². The second-order valence-electron chi connectivity index (χ2n) is 2.57. The lowest BCUT2D eigenvalue weighted by molar-refractivity contribution is -0.145. The van der Waals surface area contributed by atoms with E-state index in [1.807, 2.05) is 0 Å². The number of ether oxygens (including phenoxy) is 1. The van der Waals surface area contributed by atoms with Gasteiger partial charge < -0.3 is 10.1 Å². The summed E-state index contributed by atoms with van der Waals surface area (Å²) in [5.41, 5.74) is 0.466. The van der Waals surface area contributed by atoms with Gasteiger partial charge in [0.1, 0.15) is 12.0 Å². The molecule has 4 heteroatoms. The van der Waals surface area contributed by atoms with E-state index in [9.17, 15) is 9.59 Å². The van der Waals surface area contributed by atoms with Crippen molar-refractivity contribution >= 4 is 11.9 Å². The molecule has 12 heavy (non-hydrogen) atoms. The van der Waals surface area contributed by atoms with Gasteiger partial charge in [0.25, 0.3) is 0 Å². The fourth-order valence-electron chi connectivity index (χ4n) is 1.14. The Bertz CT molecular complexity index is 230. The molecule has 66 valence electrons. The topological polar surface area (TPSA) is 55.4 Å². The first-order chi connectivity index (χ1) is 5.77. The maximum atomic E-state index is 11.1. The Balaban J connectivity index is 2.46. The molecule has 0 amide bonds. The third-order valence-corrected chi connectivity index (χ3v) is 1.73. The molecule has 1 atom stereocenters. The largest absolute Gasteiger partial charge is 0.464 e. The lowest BCUT2D eigenvalue weighted by Gasteiger charge is -2.08. The van der Waals surface area contributed by atoms with Crippen LogP contribution >= 0.6 is 0 Å². The molecule has 4 nitrogen and oxygen atoms in total. The lowest BCUT2D eigenvalue weighted by atomic mass is 10.2. The summed E-state index contributed by atoms with van der Waals surface area (Å²) < 4.78 is 4.77. The van der Waals surface area contributed by atoms with Gasteiger partial charge in [-0.15, -0.1) is 0 Å². The average Bonchev–Trinajstić information content (AvgIpc) is 2.52. The van der Waals surface area contributed by atoms with Crippen molar-refractivity contribution in [3.05, 3.63) is 5.70 Å². The molecule has 0 spiro atoms. The van der Waals surface area contributed by atoms with Gasteiger partial charge in [0.05, 0.1) is 12.3 Å². The highest BCUT2D eigenvalue weighted by molar-refractivity contribution is 5.77. The molecule has 1 N–H and O–H groups in total. The van der Waals surface area contributed by atoms with Crippen LogP contribution in [0.5, 0.6) is 0 Å². The summed E-state index contributed by atoms with van der Waals surface area (Å²) >= 11 is 0. The number of carbonyl (C=O) groups is 1. The third kappa shape index (κ3) is 1.86. The molecule has 1 aliphatic rings. The minimum Gasteiger partial charge on any atom is -0.464 e. The summed E-state index contributed by atoms with van der Waals surface area (Å²) in [6, 6.07) is -0.346. The normalized spacial score (nSPS) is 21.4. The van der Waals surface area contributed by atoms with Crippen LogP contribution in [-0.4, -0.2) is 24.6 Å². The van der Waals surface area contributed by atoms with E-state index >= 15 is 0 Å². The van der Waals surface area contributed by atoms with E-state index < -0.39 is 0 Å². The molecule has 0 aromatic rings. The quantitative estimate of drug-likeness (QED) is 0.467. The van der Waals surface area contributed by atoms with Crippen LogP contribution in [0.25, 0.3) is 0 Å². The van der Waals surface area contributed by atoms with E-state index in [0.717, 1.165) is 0 Å². The Morgan fingerprint density at radius 2 is 2.58 bits per heavy atom. The van der Waals surface area contributed by atoms with E-state index in [-0.39, 0.29) is 12.0 Å². The van der Waals surface area contributed by atoms with Crippen molar-refractivity contribution in [2.75, 3.05) is 6.61 Å². The number of allylic oxidation sites excluding steroid dienone is 1. The average molecular weight is 169 g/mol. The first-order valence-electron chi connectivity index (χ1n) is 3.95. The molecule has 0 unspecified atom stereocenters. The third-order valence-electron chi connectivity index (χ3n) is 1.73. The first kappa shape index (κ1) is 8.81. The molecule has 0 aliphatic carbocycles. The number of esters is 1. The van der Waals surface area contributed by atoms with Gasteiger partial charge in [-0.05, 0) is 13.3 Å². The molecule has 1 saturated heterocycles. The van der Waals surface area contributed by atoms with Crippen LogP contribution in [0.4, 0.5) is 0 Å². The second kappa shape index (κ2) is 3.93. The van der Waals surface area contributed by atoms with Gasteiger partial charge in [-0.3, -0.25) is 0 Å². The number of hydrogen-bond acceptors (Lipinski definition) is 4. The zero-order valence-corrected chi connectivity index (χ0v) is 6.92. The van der Waals surface area contributed by atoms with Crippen LogP contribution in [0, 0.1) is 0 Å². The second-order valence-corrected chi connectivity index (χ2v) is 2.57. The van der Waals surface area contributed by atoms with Gasteiger partial charge in [-0.25, -0.2) is 9.59 Å². The van der Waals surface area contributed by atoms with Crippen LogP contribution in [0.2, 0.25) is 0 Å². The molecular weight excluding hydrogens is 158 g/mol. The summed E-state index contributed by atoms with van der Waals surface area (Å²) in [6.45, 7) is 2.13. The van der Waals surface area contributed by atoms with Crippen LogP contribution in [0.3, 0.4) is 0 Å². The molecule has 0 bridgehead atoms. The van der Waals surface area contributed by atoms with Gasteiger partial charge in [0.15, 0.2) is 0 Å². The molecule has 1 fully saturated rings. The van der Waals surface area contributed by atoms with Gasteiger partial charge in [-0.1, -0.05) is 0 Å². The SMILES string of the molecule is CCOC(=O)[C@@H]1CCC(=C=O)N1. The van der Waals surface area contributed by atoms with E-state index in [1.54, 1.807) is 12.9 Å². The van der Waals surface area contributed by atoms with Crippen molar-refractivity contribution in [3.8, 4) is 0 Å². The minimum atomic E-state index is -0.346. The van der Waals surface area contributed by atoms with Gasteiger partial charge in [0.2, 0.25) is 0 Å². The van der Waals surface area contributed by atoms with Crippen LogP contribution in [-0.2, 0) is 14.3 Å². The number of hydrogen-bond donors (Lipinski definition) is 1. The van der Waals surface area contributed by atoms with E-state index in [0.29, 0.717) is 25.1 Å². The van der Waals surface area contributed by atoms with Gasteiger partial charge >= 0.3 is 5.97 Å². The van der Waals surface area contributed by atoms with Crippen molar-refractivity contribution < 1.29 is 14.3 Å². The molecule has 0 aromatic heterocycles. The standard InChI is InChI=1S/C8H11NO3/c1-2-12-8(11)7-4-3-6(5-10)9-7/h7,9H,2-4H2,1H3/t7-/m0/s1. The van der Waals surface area contributed by atoms with E-state index in [4.69, 9.17) is 4.74 Å². The number of carbonyl (C=O) groups excluding carboxylic acids is 2. The molecule has 0 saturated carbocycles. The monoisotopic (exact) mass is 169 g/mol. The predicted molar refractivity (Wildman–Crippen MR) is 42.0 cm³/mol. The molecule has 0 radical (unpaired) electrons. The summed E-state index contributed by atoms with van der Waals surface area (Å²) in [6.07, 6.45) is 1.22. The van der Waals surface area contributed by atoms with Crippen molar-refractivity contribution in [1.29, 1.82) is 0 Å². The molecule has 1 aliphatic heterocycles. The smallest absolute Gasteiger partial charge is 0.328 e. The van der Waals surface area contributed by atoms with Crippen LogP contribution in [0.1, 0.15) is 19.8 Å². The summed E-state index contributed by atoms with van der Waals surface area (Å²) in [5, 5.41) is 2.74.